The van der Waals surface area contributed by atoms with Gasteiger partial charge in [-0.05, 0) is 57.4 Å². The number of halogens is 3. The number of aromatic amines is 1. The minimum absolute atomic E-state index is 0.0708. The maximum Gasteiger partial charge on any atom is 0.272 e. The maximum atomic E-state index is 14.3. The highest BCUT2D eigenvalue weighted by Crippen LogP contribution is 2.51. The lowest BCUT2D eigenvalue weighted by Crippen LogP contribution is -2.53. The molecule has 4 N–H and O–H groups in total. The standard InChI is InChI=1S/C27H35F3N6O3/c1-25(27(29,30)15-31)6-3-17(4-7-25)33-23(37)16-5-10-36(26(13-16)8-9-26)24(38)21-12-20(34-35-21)18-11-22(39-2)32-14-19(18)28/h11-12,14,16-17H,3-10,13,15,31H2,1-2H3,(H,33,37)(H,34,35)/t16-,17?,25?/m0/s1. The number of carbonyl (C=O) groups excluding carboxylic acids is 2. The van der Waals surface area contributed by atoms with Crippen LogP contribution in [0.25, 0.3) is 11.3 Å². The van der Waals surface area contributed by atoms with E-state index in [0.717, 1.165) is 19.0 Å². The number of nitrogens with two attached hydrogens (primary N) is 1. The molecule has 2 amide bonds. The van der Waals surface area contributed by atoms with Gasteiger partial charge >= 0.3 is 0 Å². The molecule has 212 valence electrons. The van der Waals surface area contributed by atoms with Crippen molar-refractivity contribution >= 4 is 11.8 Å². The molecule has 0 radical (unpaired) electrons. The summed E-state index contributed by atoms with van der Waals surface area (Å²) in [6, 6.07) is 2.80. The molecule has 2 aromatic rings. The number of alkyl halides is 2. The summed E-state index contributed by atoms with van der Waals surface area (Å²) in [7, 11) is 1.43. The molecule has 3 aliphatic rings. The first-order chi connectivity index (χ1) is 18.5. The summed E-state index contributed by atoms with van der Waals surface area (Å²) in [6.07, 6.45) is 5.30. The SMILES string of the molecule is COc1cc(-c2cc(C(=O)N3CC[C@H](C(=O)NC4CCC(C)(C(F)(F)CN)CC4)CC34CC4)[nH]n2)c(F)cn1. The molecule has 5 rings (SSSR count). The summed E-state index contributed by atoms with van der Waals surface area (Å²) in [4.78, 5) is 32.2. The Morgan fingerprint density at radius 3 is 2.59 bits per heavy atom. The minimum atomic E-state index is -2.92. The van der Waals surface area contributed by atoms with Crippen LogP contribution in [0.3, 0.4) is 0 Å². The quantitative estimate of drug-likeness (QED) is 0.485. The van der Waals surface area contributed by atoms with Crippen LogP contribution in [0.1, 0.15) is 68.8 Å². The van der Waals surface area contributed by atoms with Crippen LogP contribution in [0.5, 0.6) is 5.88 Å². The highest BCUT2D eigenvalue weighted by atomic mass is 19.3. The zero-order valence-corrected chi connectivity index (χ0v) is 22.2. The van der Waals surface area contributed by atoms with E-state index in [1.165, 1.54) is 19.2 Å². The van der Waals surface area contributed by atoms with Crippen molar-refractivity contribution in [3.05, 3.63) is 29.8 Å². The van der Waals surface area contributed by atoms with E-state index >= 15 is 0 Å². The van der Waals surface area contributed by atoms with E-state index in [0.29, 0.717) is 45.1 Å². The number of hydrogen-bond donors (Lipinski definition) is 3. The summed E-state index contributed by atoms with van der Waals surface area (Å²) in [6.45, 7) is 1.32. The van der Waals surface area contributed by atoms with E-state index in [1.807, 2.05) is 0 Å². The fourth-order valence-corrected chi connectivity index (χ4v) is 6.12. The smallest absolute Gasteiger partial charge is 0.272 e. The number of likely N-dealkylation sites (tertiary alicyclic amines) is 1. The van der Waals surface area contributed by atoms with Crippen LogP contribution >= 0.6 is 0 Å². The predicted octanol–water partition coefficient (Wildman–Crippen LogP) is 3.66. The third kappa shape index (κ3) is 5.10. The van der Waals surface area contributed by atoms with Crippen molar-refractivity contribution in [2.45, 2.75) is 75.8 Å². The molecule has 3 fully saturated rings. The largest absolute Gasteiger partial charge is 0.481 e. The fraction of sp³-hybridized carbons (Fsp3) is 0.630. The van der Waals surface area contributed by atoms with Gasteiger partial charge in [-0.15, -0.1) is 0 Å². The van der Waals surface area contributed by atoms with E-state index in [-0.39, 0.29) is 52.1 Å². The van der Waals surface area contributed by atoms with Crippen LogP contribution in [-0.4, -0.2) is 69.6 Å². The van der Waals surface area contributed by atoms with Crippen LogP contribution in [0.4, 0.5) is 13.2 Å². The van der Waals surface area contributed by atoms with Gasteiger partial charge in [-0.3, -0.25) is 14.7 Å². The summed E-state index contributed by atoms with van der Waals surface area (Å²) in [5.41, 5.74) is 4.46. The Morgan fingerprint density at radius 1 is 1.23 bits per heavy atom. The van der Waals surface area contributed by atoms with E-state index in [2.05, 4.69) is 20.5 Å². The first-order valence-electron chi connectivity index (χ1n) is 13.5. The molecule has 12 heteroatoms. The number of rotatable bonds is 7. The van der Waals surface area contributed by atoms with Gasteiger partial charge in [0.05, 0.1) is 25.5 Å². The first-order valence-corrected chi connectivity index (χ1v) is 13.5. The van der Waals surface area contributed by atoms with E-state index in [9.17, 15) is 22.8 Å². The predicted molar refractivity (Wildman–Crippen MR) is 137 cm³/mol. The Balaban J connectivity index is 1.20. The van der Waals surface area contributed by atoms with Crippen molar-refractivity contribution in [2.24, 2.45) is 17.1 Å². The topological polar surface area (TPSA) is 126 Å². The molecule has 0 bridgehead atoms. The molecule has 2 aromatic heterocycles. The number of H-pyrrole nitrogens is 1. The third-order valence-electron chi connectivity index (χ3n) is 9.04. The van der Waals surface area contributed by atoms with Crippen LogP contribution in [0.15, 0.2) is 18.3 Å². The molecule has 1 atom stereocenters. The molecule has 9 nitrogen and oxygen atoms in total. The van der Waals surface area contributed by atoms with Gasteiger partial charge in [-0.1, -0.05) is 6.92 Å². The second-order valence-electron chi connectivity index (χ2n) is 11.5. The molecule has 39 heavy (non-hydrogen) atoms. The Kier molecular flexibility index (Phi) is 7.11. The summed E-state index contributed by atoms with van der Waals surface area (Å²) < 4.78 is 48.0. The van der Waals surface area contributed by atoms with Crippen molar-refractivity contribution in [1.29, 1.82) is 0 Å². The summed E-state index contributed by atoms with van der Waals surface area (Å²) in [5.74, 6) is -3.82. The Labute approximate surface area is 225 Å². The average molecular weight is 549 g/mol. The molecule has 3 heterocycles. The minimum Gasteiger partial charge on any atom is -0.481 e. The number of carbonyl (C=O) groups is 2. The zero-order chi connectivity index (χ0) is 28.0. The third-order valence-corrected chi connectivity index (χ3v) is 9.04. The first kappa shape index (κ1) is 27.4. The normalized spacial score (nSPS) is 26.4. The molecule has 0 unspecified atom stereocenters. The van der Waals surface area contributed by atoms with Crippen LogP contribution < -0.4 is 15.8 Å². The van der Waals surface area contributed by atoms with Crippen molar-refractivity contribution < 1.29 is 27.5 Å². The van der Waals surface area contributed by atoms with Gasteiger partial charge in [-0.25, -0.2) is 18.2 Å². The molecule has 2 aliphatic carbocycles. The Hall–Kier alpha value is -3.15. The zero-order valence-electron chi connectivity index (χ0n) is 22.2. The van der Waals surface area contributed by atoms with Crippen LogP contribution in [-0.2, 0) is 4.79 Å². The van der Waals surface area contributed by atoms with Gasteiger partial charge < -0.3 is 20.7 Å². The second kappa shape index (κ2) is 10.1. The summed E-state index contributed by atoms with van der Waals surface area (Å²) in [5, 5.41) is 9.95. The van der Waals surface area contributed by atoms with Gasteiger partial charge in [0, 0.05) is 41.1 Å². The highest BCUT2D eigenvalue weighted by Gasteiger charge is 2.55. The number of piperidine rings is 1. The van der Waals surface area contributed by atoms with Gasteiger partial charge in [0.2, 0.25) is 11.8 Å². The lowest BCUT2D eigenvalue weighted by atomic mass is 9.69. The number of pyridine rings is 1. The van der Waals surface area contributed by atoms with Crippen molar-refractivity contribution in [3.63, 3.8) is 0 Å². The molecule has 1 saturated heterocycles. The number of aromatic nitrogens is 3. The van der Waals surface area contributed by atoms with E-state index in [1.54, 1.807) is 11.8 Å². The number of hydrogen-bond acceptors (Lipinski definition) is 6. The number of amides is 2. The molecule has 1 aliphatic heterocycles. The van der Waals surface area contributed by atoms with E-state index < -0.39 is 23.7 Å². The monoisotopic (exact) mass is 548 g/mol. The lowest BCUT2D eigenvalue weighted by molar-refractivity contribution is -0.132. The lowest BCUT2D eigenvalue weighted by Gasteiger charge is -2.43. The van der Waals surface area contributed by atoms with E-state index in [4.69, 9.17) is 10.5 Å². The fourth-order valence-electron chi connectivity index (χ4n) is 6.12. The Morgan fingerprint density at radius 2 is 1.95 bits per heavy atom. The highest BCUT2D eigenvalue weighted by molar-refractivity contribution is 5.94. The molecule has 2 saturated carbocycles. The van der Waals surface area contributed by atoms with Crippen LogP contribution in [0.2, 0.25) is 0 Å². The van der Waals surface area contributed by atoms with Crippen molar-refractivity contribution in [1.82, 2.24) is 25.4 Å². The molecular weight excluding hydrogens is 513 g/mol. The maximum absolute atomic E-state index is 14.3. The van der Waals surface area contributed by atoms with Crippen molar-refractivity contribution in [3.8, 4) is 17.1 Å². The second-order valence-corrected chi connectivity index (χ2v) is 11.5. The number of ether oxygens (including phenoxy) is 1. The van der Waals surface area contributed by atoms with Crippen molar-refractivity contribution in [2.75, 3.05) is 20.2 Å². The molecular formula is C27H35F3N6O3. The van der Waals surface area contributed by atoms with Crippen LogP contribution in [0, 0.1) is 17.2 Å². The number of methoxy groups -OCH3 is 1. The van der Waals surface area contributed by atoms with Gasteiger partial charge in [0.25, 0.3) is 11.8 Å². The molecule has 0 aromatic carbocycles. The number of nitrogens with zero attached hydrogens (tertiary/aromatic N) is 3. The van der Waals surface area contributed by atoms with Gasteiger partial charge in [0.1, 0.15) is 5.69 Å². The molecule has 1 spiro atoms. The van der Waals surface area contributed by atoms with Gasteiger partial charge in [0.15, 0.2) is 5.82 Å². The summed E-state index contributed by atoms with van der Waals surface area (Å²) >= 11 is 0. The Bertz CT molecular complexity index is 1240. The number of nitrogens with one attached hydrogen (secondary N) is 2. The van der Waals surface area contributed by atoms with Gasteiger partial charge in [-0.2, -0.15) is 5.10 Å². The average Bonchev–Trinajstić information content (AvgIpc) is 3.50.